The molecule has 0 aliphatic carbocycles. The Morgan fingerprint density at radius 3 is 2.14 bits per heavy atom. The number of carbonyl (C=O) groups excluding carboxylic acids is 1. The first-order valence-corrected chi connectivity index (χ1v) is 10.7. The summed E-state index contributed by atoms with van der Waals surface area (Å²) < 4.78 is 33.3. The van der Waals surface area contributed by atoms with Gasteiger partial charge in [0, 0.05) is 18.7 Å². The van der Waals surface area contributed by atoms with Crippen LogP contribution in [0.2, 0.25) is 0 Å². The Hall–Kier alpha value is -2.38. The number of benzene rings is 2. The van der Waals surface area contributed by atoms with Crippen molar-refractivity contribution in [2.75, 3.05) is 11.9 Å². The van der Waals surface area contributed by atoms with E-state index in [9.17, 15) is 13.2 Å². The summed E-state index contributed by atoms with van der Waals surface area (Å²) in [4.78, 5) is 12.4. The fourth-order valence-electron chi connectivity index (χ4n) is 3.07. The van der Waals surface area contributed by atoms with E-state index >= 15 is 0 Å². The quantitative estimate of drug-likeness (QED) is 0.702. The molecule has 152 valence electrons. The number of anilines is 1. The largest absolute Gasteiger partial charge is 0.491 e. The van der Waals surface area contributed by atoms with Crippen LogP contribution in [-0.4, -0.2) is 27.0 Å². The van der Waals surface area contributed by atoms with Crippen LogP contribution in [0.3, 0.4) is 0 Å². The van der Waals surface area contributed by atoms with Gasteiger partial charge >= 0.3 is 0 Å². The molecule has 0 aromatic heterocycles. The van der Waals surface area contributed by atoms with E-state index in [1.54, 1.807) is 38.1 Å². The van der Waals surface area contributed by atoms with Gasteiger partial charge in [-0.05, 0) is 70.0 Å². The first kappa shape index (κ1) is 21.9. The van der Waals surface area contributed by atoms with Crippen LogP contribution >= 0.6 is 0 Å². The Kier molecular flexibility index (Phi) is 7.21. The Morgan fingerprint density at radius 2 is 1.61 bits per heavy atom. The molecule has 2 rings (SSSR count). The van der Waals surface area contributed by atoms with Gasteiger partial charge in [-0.1, -0.05) is 17.7 Å². The number of rotatable bonds is 8. The maximum absolute atomic E-state index is 12.6. The molecule has 7 heteroatoms. The number of hydrogen-bond acceptors (Lipinski definition) is 4. The maximum Gasteiger partial charge on any atom is 0.241 e. The zero-order valence-corrected chi connectivity index (χ0v) is 17.8. The zero-order chi connectivity index (χ0) is 20.9. The number of nitrogens with one attached hydrogen (secondary N) is 2. The predicted molar refractivity (Wildman–Crippen MR) is 111 cm³/mol. The SMILES string of the molecule is Cc1cc(C)c(S(=O)(=O)NCCC(=O)Nc2ccc(OC(C)C)cc2)c(C)c1. The molecule has 0 bridgehead atoms. The van der Waals surface area contributed by atoms with E-state index in [0.29, 0.717) is 16.8 Å². The molecule has 2 aromatic carbocycles. The van der Waals surface area contributed by atoms with Crippen molar-refractivity contribution in [3.05, 3.63) is 53.1 Å². The first-order chi connectivity index (χ1) is 13.1. The number of aryl methyl sites for hydroxylation is 3. The van der Waals surface area contributed by atoms with Crippen molar-refractivity contribution in [1.82, 2.24) is 4.72 Å². The summed E-state index contributed by atoms with van der Waals surface area (Å²) in [5.74, 6) is 0.460. The third kappa shape index (κ3) is 6.07. The van der Waals surface area contributed by atoms with Crippen LogP contribution in [0.1, 0.15) is 37.0 Å². The lowest BCUT2D eigenvalue weighted by molar-refractivity contribution is -0.116. The van der Waals surface area contributed by atoms with E-state index in [4.69, 9.17) is 4.74 Å². The molecule has 1 amide bonds. The molecule has 0 saturated heterocycles. The lowest BCUT2D eigenvalue weighted by Gasteiger charge is -2.13. The molecule has 0 radical (unpaired) electrons. The van der Waals surface area contributed by atoms with Crippen molar-refractivity contribution in [3.63, 3.8) is 0 Å². The molecule has 2 N–H and O–H groups in total. The van der Waals surface area contributed by atoms with Gasteiger partial charge in [-0.25, -0.2) is 13.1 Å². The standard InChI is InChI=1S/C21H28N2O4S/c1-14(2)27-19-8-6-18(7-9-19)23-20(24)10-11-22-28(25,26)21-16(4)12-15(3)13-17(21)5/h6-9,12-14,22H,10-11H2,1-5H3,(H,23,24). The molecule has 0 fully saturated rings. The average Bonchev–Trinajstić information content (AvgIpc) is 2.54. The summed E-state index contributed by atoms with van der Waals surface area (Å²) in [5.41, 5.74) is 3.03. The van der Waals surface area contributed by atoms with Crippen molar-refractivity contribution in [2.45, 2.75) is 52.0 Å². The molecule has 28 heavy (non-hydrogen) atoms. The van der Waals surface area contributed by atoms with E-state index in [1.165, 1.54) is 0 Å². The predicted octanol–water partition coefficient (Wildman–Crippen LogP) is 3.71. The second-order valence-corrected chi connectivity index (χ2v) is 8.82. The van der Waals surface area contributed by atoms with E-state index in [1.807, 2.05) is 32.9 Å². The van der Waals surface area contributed by atoms with E-state index in [-0.39, 0.29) is 29.9 Å². The smallest absolute Gasteiger partial charge is 0.241 e. The summed E-state index contributed by atoms with van der Waals surface area (Å²) in [5, 5.41) is 2.75. The fourth-order valence-corrected chi connectivity index (χ4v) is 4.55. The maximum atomic E-state index is 12.6. The summed E-state index contributed by atoms with van der Waals surface area (Å²) in [7, 11) is -3.67. The molecule has 0 heterocycles. The van der Waals surface area contributed by atoms with Gasteiger partial charge in [-0.15, -0.1) is 0 Å². The second-order valence-electron chi connectivity index (χ2n) is 7.11. The summed E-state index contributed by atoms with van der Waals surface area (Å²) in [6.07, 6.45) is 0.113. The molecule has 6 nitrogen and oxygen atoms in total. The lowest BCUT2D eigenvalue weighted by atomic mass is 10.1. The fraction of sp³-hybridized carbons (Fsp3) is 0.381. The summed E-state index contributed by atoms with van der Waals surface area (Å²) in [6, 6.07) is 10.7. The van der Waals surface area contributed by atoms with Crippen molar-refractivity contribution in [2.24, 2.45) is 0 Å². The third-order valence-corrected chi connectivity index (χ3v) is 5.79. The van der Waals surface area contributed by atoms with Crippen molar-refractivity contribution >= 4 is 21.6 Å². The highest BCUT2D eigenvalue weighted by Gasteiger charge is 2.19. The van der Waals surface area contributed by atoms with E-state index < -0.39 is 10.0 Å². The van der Waals surface area contributed by atoms with E-state index in [0.717, 1.165) is 11.3 Å². The van der Waals surface area contributed by atoms with Gasteiger partial charge in [0.25, 0.3) is 0 Å². The normalized spacial score (nSPS) is 11.5. The van der Waals surface area contributed by atoms with Gasteiger partial charge in [-0.3, -0.25) is 4.79 Å². The highest BCUT2D eigenvalue weighted by Crippen LogP contribution is 2.21. The molecular formula is C21H28N2O4S. The Balaban J connectivity index is 1.91. The topological polar surface area (TPSA) is 84.5 Å². The highest BCUT2D eigenvalue weighted by molar-refractivity contribution is 7.89. The number of hydrogen-bond donors (Lipinski definition) is 2. The minimum atomic E-state index is -3.67. The van der Waals surface area contributed by atoms with Crippen molar-refractivity contribution in [1.29, 1.82) is 0 Å². The van der Waals surface area contributed by atoms with Gasteiger partial charge in [0.1, 0.15) is 5.75 Å². The Morgan fingerprint density at radius 1 is 1.04 bits per heavy atom. The molecular weight excluding hydrogens is 376 g/mol. The number of amides is 1. The van der Waals surface area contributed by atoms with Crippen molar-refractivity contribution in [3.8, 4) is 5.75 Å². The molecule has 0 saturated carbocycles. The molecule has 0 unspecified atom stereocenters. The van der Waals surface area contributed by atoms with Crippen LogP contribution in [0.25, 0.3) is 0 Å². The van der Waals surface area contributed by atoms with Gasteiger partial charge in [0.05, 0.1) is 11.0 Å². The van der Waals surface area contributed by atoms with Crippen LogP contribution in [0.5, 0.6) is 5.75 Å². The number of sulfonamides is 1. The van der Waals surface area contributed by atoms with Crippen LogP contribution in [-0.2, 0) is 14.8 Å². The molecule has 0 aliphatic heterocycles. The van der Waals surface area contributed by atoms with Crippen molar-refractivity contribution < 1.29 is 17.9 Å². The average molecular weight is 405 g/mol. The van der Waals surface area contributed by atoms with Gasteiger partial charge < -0.3 is 10.1 Å². The van der Waals surface area contributed by atoms with Gasteiger partial charge in [0.15, 0.2) is 0 Å². The van der Waals surface area contributed by atoms with Gasteiger partial charge in [0.2, 0.25) is 15.9 Å². The Bertz CT molecular complexity index is 912. The van der Waals surface area contributed by atoms with E-state index in [2.05, 4.69) is 10.0 Å². The monoisotopic (exact) mass is 404 g/mol. The molecule has 2 aromatic rings. The Labute approximate surface area is 167 Å². The first-order valence-electron chi connectivity index (χ1n) is 9.22. The van der Waals surface area contributed by atoms with Crippen LogP contribution in [0, 0.1) is 20.8 Å². The molecule has 0 aliphatic rings. The lowest BCUT2D eigenvalue weighted by Crippen LogP contribution is -2.29. The summed E-state index contributed by atoms with van der Waals surface area (Å²) in [6.45, 7) is 9.37. The minimum absolute atomic E-state index is 0.0233. The zero-order valence-electron chi connectivity index (χ0n) is 17.0. The third-order valence-electron chi connectivity index (χ3n) is 4.03. The highest BCUT2D eigenvalue weighted by atomic mass is 32.2. The number of ether oxygens (including phenoxy) is 1. The van der Waals surface area contributed by atoms with Crippen LogP contribution < -0.4 is 14.8 Å². The second kappa shape index (κ2) is 9.21. The van der Waals surface area contributed by atoms with Crippen LogP contribution in [0.4, 0.5) is 5.69 Å². The van der Waals surface area contributed by atoms with Gasteiger partial charge in [-0.2, -0.15) is 0 Å². The molecule has 0 atom stereocenters. The molecule has 0 spiro atoms. The minimum Gasteiger partial charge on any atom is -0.491 e. The number of carbonyl (C=O) groups is 1. The van der Waals surface area contributed by atoms with Crippen LogP contribution in [0.15, 0.2) is 41.3 Å². The summed E-state index contributed by atoms with van der Waals surface area (Å²) >= 11 is 0.